The summed E-state index contributed by atoms with van der Waals surface area (Å²) in [6.45, 7) is -0.00406. The van der Waals surface area contributed by atoms with E-state index in [1.807, 2.05) is 36.4 Å². The van der Waals surface area contributed by atoms with Gasteiger partial charge in [0.25, 0.3) is 0 Å². The molecule has 13 heteroatoms. The van der Waals surface area contributed by atoms with Gasteiger partial charge in [-0.25, -0.2) is 19.8 Å². The van der Waals surface area contributed by atoms with Gasteiger partial charge in [-0.2, -0.15) is 9.05 Å². The lowest BCUT2D eigenvalue weighted by molar-refractivity contribution is -0.0628. The molecule has 166 valence electrons. The third-order valence-corrected chi connectivity index (χ3v) is 7.69. The fraction of sp³-hybridized carbons (Fsp3) is 0.250. The summed E-state index contributed by atoms with van der Waals surface area (Å²) in [5, 5.41) is 13.8. The van der Waals surface area contributed by atoms with Gasteiger partial charge >= 0.3 is 15.4 Å². The Labute approximate surface area is 194 Å². The number of nitrogens with zero attached hydrogens (tertiary/aromatic N) is 4. The first-order valence-corrected chi connectivity index (χ1v) is 12.6. The minimum atomic E-state index is -3.51. The highest BCUT2D eigenvalue weighted by Crippen LogP contribution is 2.58. The fourth-order valence-corrected chi connectivity index (χ4v) is 6.12. The summed E-state index contributed by atoms with van der Waals surface area (Å²) >= 11 is 1.38. The Morgan fingerprint density at radius 2 is 2.00 bits per heavy atom. The van der Waals surface area contributed by atoms with Crippen LogP contribution in [-0.2, 0) is 13.8 Å². The second kappa shape index (κ2) is 7.88. The lowest BCUT2D eigenvalue weighted by Gasteiger charge is -2.27. The predicted octanol–water partition coefficient (Wildman–Crippen LogP) is 2.22. The molecule has 4 aromatic rings. The Balaban J connectivity index is 1.43. The van der Waals surface area contributed by atoms with Gasteiger partial charge in [0.2, 0.25) is 0 Å². The van der Waals surface area contributed by atoms with Gasteiger partial charge in [-0.1, -0.05) is 42.1 Å². The van der Waals surface area contributed by atoms with Gasteiger partial charge in [-0.15, -0.1) is 0 Å². The maximum atomic E-state index is 11.1. The van der Waals surface area contributed by atoms with Gasteiger partial charge in [0.15, 0.2) is 34.5 Å². The Morgan fingerprint density at radius 1 is 1.18 bits per heavy atom. The molecule has 6 rings (SSSR count). The summed E-state index contributed by atoms with van der Waals surface area (Å²) in [4.78, 5) is 24.0. The molecule has 4 heterocycles. The zero-order valence-electron chi connectivity index (χ0n) is 17.1. The Morgan fingerprint density at radius 3 is 2.85 bits per heavy atom. The molecule has 0 bridgehead atoms. The Kier molecular flexibility index (Phi) is 5.07. The molecule has 0 amide bonds. The van der Waals surface area contributed by atoms with Crippen molar-refractivity contribution in [1.29, 1.82) is 0 Å². The smallest absolute Gasteiger partial charge is 0.385 e. The molecule has 4 N–H and O–H groups in total. The number of aliphatic hydroxyl groups excluding tert-OH is 1. The number of rotatable bonds is 3. The molecule has 2 aliphatic rings. The molecule has 2 radical (unpaired) electrons. The number of ether oxygens (including phenoxy) is 1. The molecular weight excluding hydrogens is 464 g/mol. The van der Waals surface area contributed by atoms with E-state index >= 15 is 0 Å². The minimum Gasteiger partial charge on any atom is -0.385 e. The largest absolute Gasteiger partial charge is 0.488 e. The first-order valence-electron chi connectivity index (χ1n) is 10.1. The van der Waals surface area contributed by atoms with Crippen molar-refractivity contribution in [2.24, 2.45) is 0 Å². The molecule has 33 heavy (non-hydrogen) atoms. The second-order valence-electron chi connectivity index (χ2n) is 7.79. The van der Waals surface area contributed by atoms with Crippen LogP contribution in [0, 0.1) is 0 Å². The summed E-state index contributed by atoms with van der Waals surface area (Å²) in [7, 11) is 2.13. The first-order chi connectivity index (χ1) is 15.9. The second-order valence-corrected chi connectivity index (χ2v) is 10.4. The van der Waals surface area contributed by atoms with E-state index in [0.29, 0.717) is 16.3 Å². The minimum absolute atomic E-state index is 0.00406. The number of imidazole rings is 1. The van der Waals surface area contributed by atoms with E-state index in [9.17, 15) is 10.00 Å². The van der Waals surface area contributed by atoms with Crippen LogP contribution in [0.1, 0.15) is 6.23 Å². The molecule has 2 aromatic heterocycles. The molecule has 2 saturated heterocycles. The van der Waals surface area contributed by atoms with Crippen molar-refractivity contribution < 1.29 is 23.8 Å². The summed E-state index contributed by atoms with van der Waals surface area (Å²) < 4.78 is 18.4. The van der Waals surface area contributed by atoms with Crippen molar-refractivity contribution in [3.63, 3.8) is 0 Å². The van der Waals surface area contributed by atoms with E-state index in [0.717, 1.165) is 15.7 Å². The van der Waals surface area contributed by atoms with E-state index < -0.39 is 32.4 Å². The quantitative estimate of drug-likeness (QED) is 0.294. The maximum Gasteiger partial charge on any atom is 0.488 e. The summed E-state index contributed by atoms with van der Waals surface area (Å²) in [5.74, 6) is 0.214. The van der Waals surface area contributed by atoms with Crippen molar-refractivity contribution >= 4 is 54.9 Å². The lowest BCUT2D eigenvalue weighted by atomic mass is 10.1. The molecule has 0 aliphatic carbocycles. The molecule has 0 spiro atoms. The number of benzene rings is 2. The van der Waals surface area contributed by atoms with E-state index in [4.69, 9.17) is 27.1 Å². The zero-order valence-corrected chi connectivity index (χ0v) is 18.8. The highest BCUT2D eigenvalue weighted by molar-refractivity contribution is 7.99. The van der Waals surface area contributed by atoms with Crippen molar-refractivity contribution in [2.75, 3.05) is 12.3 Å². The number of anilines is 1. The molecule has 2 fully saturated rings. The highest BCUT2D eigenvalue weighted by atomic mass is 32.2. The third kappa shape index (κ3) is 3.68. The van der Waals surface area contributed by atoms with Crippen molar-refractivity contribution in [3.8, 4) is 0 Å². The van der Waals surface area contributed by atoms with Crippen LogP contribution < -0.4 is 5.73 Å². The SMILES string of the molecule is [B][P+]1(O)OC[C@H]2O[C@@H](n3c(Sc4ccc5ccccc5c4)nc4c(N)ncnc43)[C@H](O)[C@@H]2O1. The van der Waals surface area contributed by atoms with Crippen molar-refractivity contribution in [2.45, 2.75) is 34.6 Å². The Bertz CT molecular complexity index is 1370. The summed E-state index contributed by atoms with van der Waals surface area (Å²) in [5.41, 5.74) is 6.87. The average Bonchev–Trinajstić information content (AvgIpc) is 3.31. The maximum absolute atomic E-state index is 11.1. The number of nitrogens with two attached hydrogens (primary N) is 1. The molecule has 0 saturated carbocycles. The lowest BCUT2D eigenvalue weighted by Crippen LogP contribution is -2.40. The van der Waals surface area contributed by atoms with E-state index in [1.54, 1.807) is 4.57 Å². The zero-order chi connectivity index (χ0) is 22.7. The fourth-order valence-electron chi connectivity index (χ4n) is 4.13. The summed E-state index contributed by atoms with van der Waals surface area (Å²) in [6, 6.07) is 14.1. The summed E-state index contributed by atoms with van der Waals surface area (Å²) in [6.07, 6.45) is -2.22. The molecule has 2 aromatic carbocycles. The van der Waals surface area contributed by atoms with Crippen LogP contribution in [0.2, 0.25) is 0 Å². The van der Waals surface area contributed by atoms with Crippen LogP contribution in [0.25, 0.3) is 21.9 Å². The topological polar surface area (TPSA) is 138 Å². The van der Waals surface area contributed by atoms with Gasteiger partial charge in [0.05, 0.1) is 0 Å². The van der Waals surface area contributed by atoms with Crippen LogP contribution in [0.4, 0.5) is 5.82 Å². The number of aliphatic hydroxyl groups is 1. The van der Waals surface area contributed by atoms with E-state index in [1.165, 1.54) is 18.1 Å². The highest BCUT2D eigenvalue weighted by Gasteiger charge is 2.57. The van der Waals surface area contributed by atoms with Crippen LogP contribution in [0.5, 0.6) is 0 Å². The van der Waals surface area contributed by atoms with Gasteiger partial charge in [-0.3, -0.25) is 4.57 Å². The number of hydrogen-bond acceptors (Lipinski definition) is 10. The number of hydrogen-bond donors (Lipinski definition) is 3. The van der Waals surface area contributed by atoms with Crippen LogP contribution in [-0.4, -0.2) is 62.0 Å². The normalized spacial score (nSPS) is 29.5. The molecule has 2 aliphatic heterocycles. The molecule has 10 nitrogen and oxygen atoms in total. The number of nitrogen functional groups attached to an aromatic ring is 1. The van der Waals surface area contributed by atoms with Crippen LogP contribution >= 0.6 is 19.6 Å². The van der Waals surface area contributed by atoms with Crippen LogP contribution in [0.15, 0.2) is 58.8 Å². The van der Waals surface area contributed by atoms with Gasteiger partial charge in [0.1, 0.15) is 25.1 Å². The molecule has 1 unspecified atom stereocenters. The third-order valence-electron chi connectivity index (χ3n) is 5.66. The van der Waals surface area contributed by atoms with Crippen molar-refractivity contribution in [1.82, 2.24) is 19.5 Å². The van der Waals surface area contributed by atoms with E-state index in [-0.39, 0.29) is 12.4 Å². The Hall–Kier alpha value is -2.31. The number of fused-ring (bicyclic) bond motifs is 3. The standard InChI is InChI=1S/C20H18BN5O5PS/c21-32(28)29-8-13-16(31-32)15(27)19(30-13)26-18-14(17(22)23-9-24-18)25-20(26)33-12-6-5-10-3-1-2-4-11(10)7-12/h1-7,9,13,15-16,19,27-28H,8H2,(H2,22,23,24)/q+1/t13-,15-,16-,19-,32?/m1/s1. The van der Waals surface area contributed by atoms with Crippen molar-refractivity contribution in [3.05, 3.63) is 48.8 Å². The van der Waals surface area contributed by atoms with Gasteiger partial charge in [-0.05, 0) is 22.9 Å². The van der Waals surface area contributed by atoms with Crippen LogP contribution in [0.3, 0.4) is 0 Å². The first kappa shape index (κ1) is 21.2. The monoisotopic (exact) mass is 482 g/mol. The van der Waals surface area contributed by atoms with Gasteiger partial charge in [0, 0.05) is 4.90 Å². The molecular formula is C20H18BN5O5PS+. The van der Waals surface area contributed by atoms with E-state index in [2.05, 4.69) is 21.0 Å². The number of aromatic nitrogens is 4. The van der Waals surface area contributed by atoms with Gasteiger partial charge < -0.3 is 15.6 Å². The predicted molar refractivity (Wildman–Crippen MR) is 123 cm³/mol. The molecule has 5 atom stereocenters. The average molecular weight is 482 g/mol.